The van der Waals surface area contributed by atoms with Crippen LogP contribution < -0.4 is 5.32 Å². The van der Waals surface area contributed by atoms with E-state index in [4.69, 9.17) is 0 Å². The van der Waals surface area contributed by atoms with Crippen molar-refractivity contribution in [2.24, 2.45) is 0 Å². The molecule has 0 atom stereocenters. The summed E-state index contributed by atoms with van der Waals surface area (Å²) in [7, 11) is 0.807. The lowest BCUT2D eigenvalue weighted by Crippen LogP contribution is -2.35. The highest BCUT2D eigenvalue weighted by Crippen LogP contribution is 2.18. The SMILES string of the molecule is COC(=O)Cc1ccc(CNC2CCS(=O)CC2)s1. The van der Waals surface area contributed by atoms with E-state index in [-0.39, 0.29) is 5.97 Å². The summed E-state index contributed by atoms with van der Waals surface area (Å²) in [4.78, 5) is 13.4. The van der Waals surface area contributed by atoms with Crippen molar-refractivity contribution in [2.75, 3.05) is 18.6 Å². The van der Waals surface area contributed by atoms with Gasteiger partial charge in [-0.05, 0) is 25.0 Å². The van der Waals surface area contributed by atoms with E-state index in [0.29, 0.717) is 12.5 Å². The van der Waals surface area contributed by atoms with Crippen LogP contribution in [0, 0.1) is 0 Å². The molecule has 1 saturated heterocycles. The van der Waals surface area contributed by atoms with Gasteiger partial charge in [0.15, 0.2) is 0 Å². The monoisotopic (exact) mass is 301 g/mol. The van der Waals surface area contributed by atoms with Gasteiger partial charge in [0.1, 0.15) is 0 Å². The molecule has 0 unspecified atom stereocenters. The Bertz CT molecular complexity index is 448. The first kappa shape index (κ1) is 14.7. The smallest absolute Gasteiger partial charge is 0.310 e. The summed E-state index contributed by atoms with van der Waals surface area (Å²) in [6.45, 7) is 0.823. The van der Waals surface area contributed by atoms with Gasteiger partial charge in [0.05, 0.1) is 13.5 Å². The maximum atomic E-state index is 11.3. The van der Waals surface area contributed by atoms with Gasteiger partial charge in [-0.2, -0.15) is 0 Å². The van der Waals surface area contributed by atoms with Gasteiger partial charge in [-0.1, -0.05) is 0 Å². The molecule has 0 aliphatic carbocycles. The van der Waals surface area contributed by atoms with E-state index >= 15 is 0 Å². The molecule has 1 N–H and O–H groups in total. The standard InChI is InChI=1S/C13H19NO3S2/c1-17-13(15)8-11-2-3-12(18-11)9-14-10-4-6-19(16)7-5-10/h2-3,10,14H,4-9H2,1H3. The third-order valence-electron chi connectivity index (χ3n) is 3.22. The molecule has 106 valence electrons. The minimum atomic E-state index is -0.601. The normalized spacial score (nSPS) is 23.2. The summed E-state index contributed by atoms with van der Waals surface area (Å²) in [5.41, 5.74) is 0. The minimum Gasteiger partial charge on any atom is -0.469 e. The molecular formula is C13H19NO3S2. The molecule has 0 bridgehead atoms. The predicted molar refractivity (Wildman–Crippen MR) is 77.8 cm³/mol. The Morgan fingerprint density at radius 3 is 2.79 bits per heavy atom. The van der Waals surface area contributed by atoms with Crippen molar-refractivity contribution in [1.29, 1.82) is 0 Å². The summed E-state index contributed by atoms with van der Waals surface area (Å²) in [5.74, 6) is 1.43. The van der Waals surface area contributed by atoms with Gasteiger partial charge in [0, 0.05) is 44.6 Å². The first-order valence-corrected chi connectivity index (χ1v) is 8.70. The molecule has 0 radical (unpaired) electrons. The Balaban J connectivity index is 1.77. The third kappa shape index (κ3) is 4.71. The molecule has 2 rings (SSSR count). The number of ether oxygens (including phenoxy) is 1. The zero-order chi connectivity index (χ0) is 13.7. The summed E-state index contributed by atoms with van der Waals surface area (Å²) in [6.07, 6.45) is 2.34. The molecule has 0 aromatic carbocycles. The number of hydrogen-bond donors (Lipinski definition) is 1. The second kappa shape index (κ2) is 7.17. The zero-order valence-electron chi connectivity index (χ0n) is 11.0. The summed E-state index contributed by atoms with van der Waals surface area (Å²) < 4.78 is 15.9. The highest BCUT2D eigenvalue weighted by molar-refractivity contribution is 7.85. The number of hydrogen-bond acceptors (Lipinski definition) is 5. The fourth-order valence-electron chi connectivity index (χ4n) is 2.07. The van der Waals surface area contributed by atoms with E-state index in [1.165, 1.54) is 12.0 Å². The lowest BCUT2D eigenvalue weighted by molar-refractivity contribution is -0.139. The molecule has 0 spiro atoms. The van der Waals surface area contributed by atoms with Gasteiger partial charge in [-0.25, -0.2) is 0 Å². The van der Waals surface area contributed by atoms with Crippen LogP contribution in [0.15, 0.2) is 12.1 Å². The Morgan fingerprint density at radius 2 is 2.11 bits per heavy atom. The van der Waals surface area contributed by atoms with Crippen LogP contribution in [0.25, 0.3) is 0 Å². The Morgan fingerprint density at radius 1 is 1.42 bits per heavy atom. The first-order valence-electron chi connectivity index (χ1n) is 6.40. The molecule has 1 aromatic rings. The molecule has 1 aromatic heterocycles. The van der Waals surface area contributed by atoms with Crippen LogP contribution in [-0.4, -0.2) is 34.8 Å². The van der Waals surface area contributed by atoms with Crippen LogP contribution in [0.1, 0.15) is 22.6 Å². The van der Waals surface area contributed by atoms with Crippen LogP contribution in [0.4, 0.5) is 0 Å². The van der Waals surface area contributed by atoms with E-state index in [2.05, 4.69) is 16.1 Å². The van der Waals surface area contributed by atoms with Crippen molar-refractivity contribution < 1.29 is 13.7 Å². The number of carbonyl (C=O) groups is 1. The highest BCUT2D eigenvalue weighted by Gasteiger charge is 2.17. The van der Waals surface area contributed by atoms with Crippen molar-refractivity contribution in [2.45, 2.75) is 31.8 Å². The van der Waals surface area contributed by atoms with Gasteiger partial charge in [-0.3, -0.25) is 9.00 Å². The molecule has 0 saturated carbocycles. The molecule has 6 heteroatoms. The first-order chi connectivity index (χ1) is 9.17. The average molecular weight is 301 g/mol. The van der Waals surface area contributed by atoms with E-state index in [1.54, 1.807) is 11.3 Å². The lowest BCUT2D eigenvalue weighted by atomic mass is 10.1. The zero-order valence-corrected chi connectivity index (χ0v) is 12.6. The fourth-order valence-corrected chi connectivity index (χ4v) is 4.32. The van der Waals surface area contributed by atoms with Gasteiger partial charge in [0.2, 0.25) is 0 Å². The third-order valence-corrected chi connectivity index (χ3v) is 5.68. The minimum absolute atomic E-state index is 0.198. The molecule has 0 amide bonds. The molecule has 1 aliphatic heterocycles. The van der Waals surface area contributed by atoms with E-state index < -0.39 is 10.8 Å². The summed E-state index contributed by atoms with van der Waals surface area (Å²) in [6, 6.07) is 4.51. The summed E-state index contributed by atoms with van der Waals surface area (Å²) in [5, 5.41) is 3.50. The molecular weight excluding hydrogens is 282 g/mol. The van der Waals surface area contributed by atoms with Gasteiger partial charge < -0.3 is 10.1 Å². The topological polar surface area (TPSA) is 55.4 Å². The number of methoxy groups -OCH3 is 1. The van der Waals surface area contributed by atoms with E-state index in [0.717, 1.165) is 35.8 Å². The van der Waals surface area contributed by atoms with Crippen molar-refractivity contribution >= 4 is 28.1 Å². The number of thiophene rings is 1. The Labute approximate surface area is 120 Å². The van der Waals surface area contributed by atoms with Crippen molar-refractivity contribution in [3.05, 3.63) is 21.9 Å². The second-order valence-electron chi connectivity index (χ2n) is 4.62. The van der Waals surface area contributed by atoms with E-state index in [1.807, 2.05) is 6.07 Å². The number of nitrogens with one attached hydrogen (secondary N) is 1. The van der Waals surface area contributed by atoms with Crippen LogP contribution in [-0.2, 0) is 33.3 Å². The summed E-state index contributed by atoms with van der Waals surface area (Å²) >= 11 is 1.64. The van der Waals surface area contributed by atoms with E-state index in [9.17, 15) is 9.00 Å². The van der Waals surface area contributed by atoms with Crippen molar-refractivity contribution in [3.8, 4) is 0 Å². The fraction of sp³-hybridized carbons (Fsp3) is 0.615. The van der Waals surface area contributed by atoms with Crippen LogP contribution in [0.3, 0.4) is 0 Å². The van der Waals surface area contributed by atoms with Crippen molar-refractivity contribution in [3.63, 3.8) is 0 Å². The molecule has 1 fully saturated rings. The largest absolute Gasteiger partial charge is 0.469 e. The Kier molecular flexibility index (Phi) is 5.54. The molecule has 2 heterocycles. The number of rotatable bonds is 5. The predicted octanol–water partition coefficient (Wildman–Crippen LogP) is 1.46. The maximum absolute atomic E-state index is 11.3. The quantitative estimate of drug-likeness (QED) is 0.837. The van der Waals surface area contributed by atoms with Crippen LogP contribution >= 0.6 is 11.3 Å². The van der Waals surface area contributed by atoms with Gasteiger partial charge in [-0.15, -0.1) is 11.3 Å². The second-order valence-corrected chi connectivity index (χ2v) is 7.57. The molecule has 1 aliphatic rings. The maximum Gasteiger partial charge on any atom is 0.310 e. The van der Waals surface area contributed by atoms with Crippen LogP contribution in [0.5, 0.6) is 0 Å². The number of carbonyl (C=O) groups excluding carboxylic acids is 1. The average Bonchev–Trinajstić information content (AvgIpc) is 2.85. The van der Waals surface area contributed by atoms with Crippen LogP contribution in [0.2, 0.25) is 0 Å². The van der Waals surface area contributed by atoms with Gasteiger partial charge >= 0.3 is 5.97 Å². The number of esters is 1. The van der Waals surface area contributed by atoms with Crippen molar-refractivity contribution in [1.82, 2.24) is 5.32 Å². The molecule has 4 nitrogen and oxygen atoms in total. The molecule has 19 heavy (non-hydrogen) atoms. The Hall–Kier alpha value is -0.720. The highest BCUT2D eigenvalue weighted by atomic mass is 32.2. The lowest BCUT2D eigenvalue weighted by Gasteiger charge is -2.22. The van der Waals surface area contributed by atoms with Gasteiger partial charge in [0.25, 0.3) is 0 Å².